The molecule has 3 aromatic carbocycles. The Morgan fingerprint density at radius 2 is 1.78 bits per heavy atom. The Bertz CT molecular complexity index is 1500. The third-order valence-corrected chi connectivity index (χ3v) is 5.77. The average Bonchev–Trinajstić information content (AvgIpc) is 3.51. The van der Waals surface area contributed by atoms with Crippen molar-refractivity contribution in [2.45, 2.75) is 32.7 Å². The molecular formula is C28H28N6O2. The molecule has 0 saturated carbocycles. The van der Waals surface area contributed by atoms with Crippen LogP contribution in [-0.4, -0.2) is 26.0 Å². The Hall–Kier alpha value is -4.59. The number of nitrogens with zero attached hydrogens (tertiary/aromatic N) is 3. The summed E-state index contributed by atoms with van der Waals surface area (Å²) in [4.78, 5) is 12.9. The van der Waals surface area contributed by atoms with Gasteiger partial charge in [0.1, 0.15) is 17.3 Å². The van der Waals surface area contributed by atoms with E-state index < -0.39 is 0 Å². The molecule has 0 atom stereocenters. The maximum Gasteiger partial charge on any atom is 0.320 e. The van der Waals surface area contributed by atoms with Crippen molar-refractivity contribution in [2.24, 2.45) is 0 Å². The molecule has 2 heterocycles. The van der Waals surface area contributed by atoms with E-state index in [0.29, 0.717) is 23.9 Å². The van der Waals surface area contributed by atoms with Crippen LogP contribution in [0.5, 0.6) is 11.5 Å². The van der Waals surface area contributed by atoms with Gasteiger partial charge in [-0.15, -0.1) is 0 Å². The molecule has 0 fully saturated rings. The highest BCUT2D eigenvalue weighted by molar-refractivity contribution is 5.88. The van der Waals surface area contributed by atoms with Crippen LogP contribution in [0.4, 0.5) is 10.6 Å². The zero-order valence-electron chi connectivity index (χ0n) is 20.4. The van der Waals surface area contributed by atoms with E-state index in [-0.39, 0.29) is 11.4 Å². The highest BCUT2D eigenvalue weighted by Crippen LogP contribution is 2.28. The fourth-order valence-electron chi connectivity index (χ4n) is 3.80. The summed E-state index contributed by atoms with van der Waals surface area (Å²) in [6, 6.07) is 24.7. The quantitative estimate of drug-likeness (QED) is 0.271. The minimum atomic E-state index is -0.331. The van der Waals surface area contributed by atoms with Crippen molar-refractivity contribution in [2.75, 3.05) is 5.32 Å². The first-order valence-corrected chi connectivity index (χ1v) is 11.8. The summed E-state index contributed by atoms with van der Waals surface area (Å²) in [5, 5.41) is 18.6. The lowest BCUT2D eigenvalue weighted by Gasteiger charge is -2.14. The van der Waals surface area contributed by atoms with Crippen LogP contribution >= 0.6 is 0 Å². The number of anilines is 1. The number of nitrogens with one attached hydrogen (secondary N) is 3. The molecule has 0 spiro atoms. The minimum absolute atomic E-state index is 0.164. The highest BCUT2D eigenvalue weighted by atomic mass is 16.5. The number of H-pyrrole nitrogens is 1. The van der Waals surface area contributed by atoms with Crippen molar-refractivity contribution >= 4 is 22.8 Å². The Kier molecular flexibility index (Phi) is 6.16. The fraction of sp³-hybridized carbons (Fsp3) is 0.179. The molecule has 0 bridgehead atoms. The van der Waals surface area contributed by atoms with Gasteiger partial charge < -0.3 is 10.1 Å². The third kappa shape index (κ3) is 5.07. The lowest BCUT2D eigenvalue weighted by molar-refractivity contribution is 0.251. The average molecular weight is 481 g/mol. The third-order valence-electron chi connectivity index (χ3n) is 5.77. The molecule has 36 heavy (non-hydrogen) atoms. The molecule has 5 aromatic rings. The van der Waals surface area contributed by atoms with Gasteiger partial charge >= 0.3 is 6.03 Å². The van der Waals surface area contributed by atoms with Crippen molar-refractivity contribution in [3.05, 3.63) is 96.3 Å². The normalized spacial score (nSPS) is 11.4. The Balaban J connectivity index is 1.30. The number of benzene rings is 3. The molecule has 2 amide bonds. The second kappa shape index (κ2) is 9.58. The van der Waals surface area contributed by atoms with Crippen LogP contribution < -0.4 is 15.4 Å². The van der Waals surface area contributed by atoms with Crippen LogP contribution in [0.2, 0.25) is 0 Å². The van der Waals surface area contributed by atoms with Crippen LogP contribution in [0.1, 0.15) is 32.0 Å². The first kappa shape index (κ1) is 23.2. The number of amides is 2. The molecule has 3 N–H and O–H groups in total. The first-order chi connectivity index (χ1) is 17.4. The van der Waals surface area contributed by atoms with Crippen molar-refractivity contribution in [3.8, 4) is 17.2 Å². The molecule has 5 rings (SSSR count). The highest BCUT2D eigenvalue weighted by Gasteiger charge is 2.21. The molecule has 182 valence electrons. The summed E-state index contributed by atoms with van der Waals surface area (Å²) in [6.45, 7) is 6.57. The molecular weight excluding hydrogens is 452 g/mol. The van der Waals surface area contributed by atoms with E-state index >= 15 is 0 Å². The molecule has 0 radical (unpaired) electrons. The number of para-hydroxylation sites is 2. The van der Waals surface area contributed by atoms with E-state index in [4.69, 9.17) is 9.84 Å². The van der Waals surface area contributed by atoms with Gasteiger partial charge in [-0.25, -0.2) is 9.48 Å². The number of aromatic nitrogens is 4. The van der Waals surface area contributed by atoms with Gasteiger partial charge in [0.25, 0.3) is 0 Å². The lowest BCUT2D eigenvalue weighted by atomic mass is 9.92. The molecule has 8 heteroatoms. The largest absolute Gasteiger partial charge is 0.457 e. The molecule has 0 aliphatic rings. The molecule has 2 aromatic heterocycles. The summed E-state index contributed by atoms with van der Waals surface area (Å²) >= 11 is 0. The number of carbonyl (C=O) groups excluding carboxylic acids is 1. The number of ether oxygens (including phenoxy) is 1. The van der Waals surface area contributed by atoms with Crippen LogP contribution in [0.15, 0.2) is 85.1 Å². The van der Waals surface area contributed by atoms with Crippen LogP contribution in [0.3, 0.4) is 0 Å². The van der Waals surface area contributed by atoms with Crippen LogP contribution in [0.25, 0.3) is 16.6 Å². The standard InChI is InChI=1S/C28H28N6O2/c1-28(2,3)25-16-26(34(33-25)21-10-5-4-6-11-21)31-27(35)29-17-19-9-7-8-12-24(19)36-22-13-14-23-20(15-22)18-30-32-23/h4-16,18H,17H2,1-3H3,(H,30,32)(H2,29,31,35). The van der Waals surface area contributed by atoms with Gasteiger partial charge in [0, 0.05) is 29.0 Å². The Morgan fingerprint density at radius 1 is 1.00 bits per heavy atom. The number of hydrogen-bond acceptors (Lipinski definition) is 4. The Labute approximate surface area is 209 Å². The van der Waals surface area contributed by atoms with Crippen LogP contribution in [0, 0.1) is 0 Å². The summed E-state index contributed by atoms with van der Waals surface area (Å²) in [5.41, 5.74) is 3.39. The van der Waals surface area contributed by atoms with E-state index in [0.717, 1.165) is 27.8 Å². The van der Waals surface area contributed by atoms with Crippen molar-refractivity contribution < 1.29 is 9.53 Å². The van der Waals surface area contributed by atoms with Crippen molar-refractivity contribution in [1.82, 2.24) is 25.3 Å². The Morgan fingerprint density at radius 3 is 2.58 bits per heavy atom. The first-order valence-electron chi connectivity index (χ1n) is 11.8. The molecule has 0 unspecified atom stereocenters. The number of carbonyl (C=O) groups is 1. The van der Waals surface area contributed by atoms with E-state index in [1.807, 2.05) is 78.9 Å². The molecule has 0 aliphatic heterocycles. The van der Waals surface area contributed by atoms with E-state index in [9.17, 15) is 4.79 Å². The second-order valence-electron chi connectivity index (χ2n) is 9.55. The van der Waals surface area contributed by atoms with Gasteiger partial charge in [-0.05, 0) is 36.4 Å². The SMILES string of the molecule is CC(C)(C)c1cc(NC(=O)NCc2ccccc2Oc2ccc3[nH]ncc3c2)n(-c2ccccc2)n1. The molecule has 8 nitrogen and oxygen atoms in total. The minimum Gasteiger partial charge on any atom is -0.457 e. The topological polar surface area (TPSA) is 96.9 Å². The van der Waals surface area contributed by atoms with E-state index in [1.165, 1.54) is 0 Å². The fourth-order valence-corrected chi connectivity index (χ4v) is 3.80. The van der Waals surface area contributed by atoms with Gasteiger partial charge in [-0.3, -0.25) is 10.4 Å². The van der Waals surface area contributed by atoms with Crippen molar-refractivity contribution in [3.63, 3.8) is 0 Å². The van der Waals surface area contributed by atoms with Gasteiger partial charge in [-0.2, -0.15) is 10.2 Å². The van der Waals surface area contributed by atoms with E-state index in [2.05, 4.69) is 41.6 Å². The summed E-state index contributed by atoms with van der Waals surface area (Å²) in [6.07, 6.45) is 1.76. The number of rotatable bonds is 6. The smallest absolute Gasteiger partial charge is 0.320 e. The predicted octanol–water partition coefficient (Wildman–Crippen LogP) is 6.16. The monoisotopic (exact) mass is 480 g/mol. The summed E-state index contributed by atoms with van der Waals surface area (Å²) in [7, 11) is 0. The van der Waals surface area contributed by atoms with Gasteiger partial charge in [0.15, 0.2) is 0 Å². The van der Waals surface area contributed by atoms with Gasteiger partial charge in [0.05, 0.1) is 23.1 Å². The number of fused-ring (bicyclic) bond motifs is 1. The maximum atomic E-state index is 12.9. The lowest BCUT2D eigenvalue weighted by Crippen LogP contribution is -2.29. The maximum absolute atomic E-state index is 12.9. The van der Waals surface area contributed by atoms with Crippen molar-refractivity contribution in [1.29, 1.82) is 0 Å². The van der Waals surface area contributed by atoms with Gasteiger partial charge in [0.2, 0.25) is 0 Å². The number of urea groups is 1. The van der Waals surface area contributed by atoms with Gasteiger partial charge in [-0.1, -0.05) is 57.2 Å². The zero-order valence-corrected chi connectivity index (χ0v) is 20.4. The number of hydrogen-bond donors (Lipinski definition) is 3. The molecule has 0 aliphatic carbocycles. The predicted molar refractivity (Wildman–Crippen MR) is 141 cm³/mol. The number of aromatic amines is 1. The summed E-state index contributed by atoms with van der Waals surface area (Å²) in [5.74, 6) is 1.97. The second-order valence-corrected chi connectivity index (χ2v) is 9.55. The molecule has 0 saturated heterocycles. The van der Waals surface area contributed by atoms with E-state index in [1.54, 1.807) is 10.9 Å². The zero-order chi connectivity index (χ0) is 25.1. The summed E-state index contributed by atoms with van der Waals surface area (Å²) < 4.78 is 7.88. The van der Waals surface area contributed by atoms with Crippen LogP contribution in [-0.2, 0) is 12.0 Å².